The van der Waals surface area contributed by atoms with Gasteiger partial charge in [-0.15, -0.1) is 0 Å². The van der Waals surface area contributed by atoms with Crippen LogP contribution in [0.3, 0.4) is 0 Å². The van der Waals surface area contributed by atoms with Crippen LogP contribution in [-0.4, -0.2) is 29.1 Å². The first-order valence-corrected chi connectivity index (χ1v) is 4.56. The Labute approximate surface area is 77.8 Å². The second-order valence-corrected chi connectivity index (χ2v) is 3.49. The van der Waals surface area contributed by atoms with E-state index in [1.165, 1.54) is 0 Å². The van der Waals surface area contributed by atoms with Crippen molar-refractivity contribution in [1.82, 2.24) is 9.97 Å². The van der Waals surface area contributed by atoms with Gasteiger partial charge in [-0.3, -0.25) is 0 Å². The molecule has 0 spiro atoms. The van der Waals surface area contributed by atoms with Crippen LogP contribution in [0.25, 0.3) is 0 Å². The Balaban J connectivity index is 2.16. The molecule has 2 rings (SSSR count). The Morgan fingerprint density at radius 2 is 2.46 bits per heavy atom. The van der Waals surface area contributed by atoms with E-state index < -0.39 is 0 Å². The zero-order valence-corrected chi connectivity index (χ0v) is 7.77. The Kier molecular flexibility index (Phi) is 2.14. The van der Waals surface area contributed by atoms with Gasteiger partial charge in [0.2, 0.25) is 5.95 Å². The van der Waals surface area contributed by atoms with Crippen molar-refractivity contribution in [3.05, 3.63) is 18.0 Å². The fourth-order valence-electron chi connectivity index (χ4n) is 1.56. The fraction of sp³-hybridized carbons (Fsp3) is 0.556. The summed E-state index contributed by atoms with van der Waals surface area (Å²) in [4.78, 5) is 10.7. The molecule has 13 heavy (non-hydrogen) atoms. The maximum atomic E-state index is 5.80. The highest BCUT2D eigenvalue weighted by Crippen LogP contribution is 2.14. The van der Waals surface area contributed by atoms with E-state index in [9.17, 15) is 0 Å². The van der Waals surface area contributed by atoms with Crippen molar-refractivity contribution in [3.8, 4) is 0 Å². The van der Waals surface area contributed by atoms with Crippen LogP contribution in [-0.2, 0) is 0 Å². The first-order chi connectivity index (χ1) is 6.25. The zero-order chi connectivity index (χ0) is 9.26. The van der Waals surface area contributed by atoms with Crippen molar-refractivity contribution in [1.29, 1.82) is 0 Å². The summed E-state index contributed by atoms with van der Waals surface area (Å²) < 4.78 is 0. The van der Waals surface area contributed by atoms with Crippen molar-refractivity contribution in [3.63, 3.8) is 0 Å². The molecule has 0 bridgehead atoms. The van der Waals surface area contributed by atoms with Gasteiger partial charge in [-0.25, -0.2) is 9.97 Å². The van der Waals surface area contributed by atoms with Crippen molar-refractivity contribution in [2.24, 2.45) is 5.73 Å². The molecule has 0 saturated carbocycles. The van der Waals surface area contributed by atoms with Gasteiger partial charge in [0.25, 0.3) is 0 Å². The Hall–Kier alpha value is -1.16. The van der Waals surface area contributed by atoms with Crippen LogP contribution in [0.15, 0.2) is 12.3 Å². The second-order valence-electron chi connectivity index (χ2n) is 3.49. The molecule has 2 N–H and O–H groups in total. The second kappa shape index (κ2) is 3.30. The number of hydrogen-bond donors (Lipinski definition) is 1. The number of rotatable bonds is 1. The molecule has 1 aliphatic rings. The number of nitrogens with two attached hydrogens (primary N) is 1. The third kappa shape index (κ3) is 1.78. The van der Waals surface area contributed by atoms with Gasteiger partial charge in [-0.1, -0.05) is 0 Å². The third-order valence-electron chi connectivity index (χ3n) is 2.29. The van der Waals surface area contributed by atoms with Crippen molar-refractivity contribution in [2.75, 3.05) is 18.0 Å². The van der Waals surface area contributed by atoms with Gasteiger partial charge in [-0.2, -0.15) is 0 Å². The summed E-state index contributed by atoms with van der Waals surface area (Å²) in [6.07, 6.45) is 2.83. The lowest BCUT2D eigenvalue weighted by molar-refractivity contribution is 0.750. The van der Waals surface area contributed by atoms with Gasteiger partial charge in [0.05, 0.1) is 0 Å². The van der Waals surface area contributed by atoms with E-state index in [0.29, 0.717) is 0 Å². The van der Waals surface area contributed by atoms with E-state index in [2.05, 4.69) is 14.9 Å². The summed E-state index contributed by atoms with van der Waals surface area (Å²) >= 11 is 0. The molecule has 0 aliphatic carbocycles. The minimum absolute atomic E-state index is 0.282. The van der Waals surface area contributed by atoms with E-state index in [1.807, 2.05) is 13.0 Å². The number of aryl methyl sites for hydroxylation is 1. The topological polar surface area (TPSA) is 55.0 Å². The van der Waals surface area contributed by atoms with Crippen LogP contribution >= 0.6 is 0 Å². The molecule has 0 radical (unpaired) electrons. The molecule has 1 saturated heterocycles. The smallest absolute Gasteiger partial charge is 0.225 e. The minimum atomic E-state index is 0.282. The molecule has 0 amide bonds. The monoisotopic (exact) mass is 178 g/mol. The first-order valence-electron chi connectivity index (χ1n) is 4.56. The van der Waals surface area contributed by atoms with Crippen molar-refractivity contribution >= 4 is 5.95 Å². The molecule has 1 atom stereocenters. The molecule has 4 heteroatoms. The molecule has 4 nitrogen and oxygen atoms in total. The number of nitrogens with zero attached hydrogens (tertiary/aromatic N) is 3. The summed E-state index contributed by atoms with van der Waals surface area (Å²) in [5.74, 6) is 0.813. The summed E-state index contributed by atoms with van der Waals surface area (Å²) in [6.45, 7) is 3.83. The van der Waals surface area contributed by atoms with Crippen LogP contribution in [0.1, 0.15) is 12.1 Å². The molecule has 1 aromatic heterocycles. The number of aromatic nitrogens is 2. The van der Waals surface area contributed by atoms with Gasteiger partial charge in [-0.05, 0) is 19.4 Å². The van der Waals surface area contributed by atoms with Crippen LogP contribution in [0, 0.1) is 6.92 Å². The Bertz CT molecular complexity index is 299. The van der Waals surface area contributed by atoms with E-state index in [4.69, 9.17) is 5.73 Å². The lowest BCUT2D eigenvalue weighted by Gasteiger charge is -2.15. The Morgan fingerprint density at radius 3 is 3.08 bits per heavy atom. The summed E-state index contributed by atoms with van der Waals surface area (Å²) in [5, 5.41) is 0. The van der Waals surface area contributed by atoms with Crippen LogP contribution in [0.5, 0.6) is 0 Å². The predicted octanol–water partition coefficient (Wildman–Crippen LogP) is 0.322. The van der Waals surface area contributed by atoms with Gasteiger partial charge in [0.15, 0.2) is 0 Å². The van der Waals surface area contributed by atoms with E-state index in [-0.39, 0.29) is 6.04 Å². The average Bonchev–Trinajstić information content (AvgIpc) is 2.52. The van der Waals surface area contributed by atoms with E-state index in [1.54, 1.807) is 6.20 Å². The summed E-state index contributed by atoms with van der Waals surface area (Å²) in [5.41, 5.74) is 6.81. The molecule has 1 fully saturated rings. The molecule has 1 aliphatic heterocycles. The molecular weight excluding hydrogens is 164 g/mol. The van der Waals surface area contributed by atoms with E-state index >= 15 is 0 Å². The van der Waals surface area contributed by atoms with E-state index in [0.717, 1.165) is 31.2 Å². The molecule has 70 valence electrons. The van der Waals surface area contributed by atoms with Gasteiger partial charge >= 0.3 is 0 Å². The van der Waals surface area contributed by atoms with Gasteiger partial charge in [0, 0.05) is 31.0 Å². The van der Waals surface area contributed by atoms with Gasteiger partial charge in [0.1, 0.15) is 0 Å². The largest absolute Gasteiger partial charge is 0.339 e. The highest BCUT2D eigenvalue weighted by molar-refractivity contribution is 5.32. The standard InChI is InChI=1S/C9H14N4/c1-7-2-4-11-9(12-7)13-5-3-8(10)6-13/h2,4,8H,3,5-6,10H2,1H3/t8-/m1/s1. The molecule has 0 unspecified atom stereocenters. The minimum Gasteiger partial charge on any atom is -0.339 e. The maximum absolute atomic E-state index is 5.80. The quantitative estimate of drug-likeness (QED) is 0.673. The van der Waals surface area contributed by atoms with Crippen LogP contribution in [0.4, 0.5) is 5.95 Å². The van der Waals surface area contributed by atoms with Crippen molar-refractivity contribution in [2.45, 2.75) is 19.4 Å². The zero-order valence-electron chi connectivity index (χ0n) is 7.77. The number of hydrogen-bond acceptors (Lipinski definition) is 4. The third-order valence-corrected chi connectivity index (χ3v) is 2.29. The highest BCUT2D eigenvalue weighted by atomic mass is 15.3. The van der Waals surface area contributed by atoms with Crippen LogP contribution < -0.4 is 10.6 Å². The fourth-order valence-corrected chi connectivity index (χ4v) is 1.56. The Morgan fingerprint density at radius 1 is 1.62 bits per heavy atom. The predicted molar refractivity (Wildman–Crippen MR) is 51.6 cm³/mol. The van der Waals surface area contributed by atoms with Gasteiger partial charge < -0.3 is 10.6 Å². The molecule has 0 aromatic carbocycles. The average molecular weight is 178 g/mol. The normalized spacial score (nSPS) is 22.3. The lowest BCUT2D eigenvalue weighted by atomic mass is 10.3. The SMILES string of the molecule is Cc1ccnc(N2CC[C@@H](N)C2)n1. The first kappa shape index (κ1) is 8.44. The molecule has 1 aromatic rings. The maximum Gasteiger partial charge on any atom is 0.225 e. The van der Waals surface area contributed by atoms with Crippen LogP contribution in [0.2, 0.25) is 0 Å². The summed E-state index contributed by atoms with van der Waals surface area (Å²) in [6, 6.07) is 2.18. The lowest BCUT2D eigenvalue weighted by Crippen LogP contribution is -2.27. The molecule has 2 heterocycles. The highest BCUT2D eigenvalue weighted by Gasteiger charge is 2.20. The summed E-state index contributed by atoms with van der Waals surface area (Å²) in [7, 11) is 0. The molecular formula is C9H14N4. The van der Waals surface area contributed by atoms with Crippen molar-refractivity contribution < 1.29 is 0 Å². The number of anilines is 1.